The molecule has 3 aromatic carbocycles. The number of hydrogen-bond donors (Lipinski definition) is 0. The highest BCUT2D eigenvalue weighted by atomic mass is 35.5. The Morgan fingerprint density at radius 3 is 1.96 bits per heavy atom. The maximum absolute atomic E-state index is 15.4. The van der Waals surface area contributed by atoms with Gasteiger partial charge in [0.25, 0.3) is 0 Å². The third-order valence-electron chi connectivity index (χ3n) is 4.48. The van der Waals surface area contributed by atoms with Gasteiger partial charge >= 0.3 is 0 Å². The first-order chi connectivity index (χ1) is 13.4. The van der Waals surface area contributed by atoms with Crippen molar-refractivity contribution in [3.8, 4) is 0 Å². The Kier molecular flexibility index (Phi) is 6.27. The lowest BCUT2D eigenvalue weighted by Crippen LogP contribution is -2.26. The van der Waals surface area contributed by atoms with Crippen molar-refractivity contribution in [1.82, 2.24) is 0 Å². The Morgan fingerprint density at radius 1 is 0.857 bits per heavy atom. The van der Waals surface area contributed by atoms with Crippen molar-refractivity contribution in [3.63, 3.8) is 0 Å². The zero-order chi connectivity index (χ0) is 20.1. The lowest BCUT2D eigenvalue weighted by Gasteiger charge is -2.21. The van der Waals surface area contributed by atoms with Gasteiger partial charge < -0.3 is 0 Å². The van der Waals surface area contributed by atoms with Gasteiger partial charge in [-0.15, -0.1) is 0 Å². The Labute approximate surface area is 168 Å². The molecule has 2 atom stereocenters. The fraction of sp³-hybridized carbons (Fsp3) is 0.136. The summed E-state index contributed by atoms with van der Waals surface area (Å²) in [4.78, 5) is 12.6. The van der Waals surface area contributed by atoms with Gasteiger partial charge in [-0.2, -0.15) is 0 Å². The molecule has 0 saturated heterocycles. The highest BCUT2D eigenvalue weighted by molar-refractivity contribution is 7.92. The van der Waals surface area contributed by atoms with E-state index < -0.39 is 21.3 Å². The largest absolute Gasteiger partial charge is 0.294 e. The third-order valence-corrected chi connectivity index (χ3v) is 6.59. The summed E-state index contributed by atoms with van der Waals surface area (Å²) in [6, 6.07) is 22.1. The van der Waals surface area contributed by atoms with Crippen molar-refractivity contribution in [2.45, 2.75) is 22.7 Å². The number of sulfone groups is 1. The Morgan fingerprint density at radius 2 is 1.39 bits per heavy atom. The van der Waals surface area contributed by atoms with E-state index in [1.165, 1.54) is 24.3 Å². The number of Topliss-reactive ketones (excluding diaryl/α,β-unsaturated/α-hetero) is 1. The highest BCUT2D eigenvalue weighted by Crippen LogP contribution is 2.34. The molecule has 3 nitrogen and oxygen atoms in total. The summed E-state index contributed by atoms with van der Waals surface area (Å²) in [5.74, 6) is -1.48. The third kappa shape index (κ3) is 4.49. The van der Waals surface area contributed by atoms with Gasteiger partial charge in [-0.3, -0.25) is 4.79 Å². The van der Waals surface area contributed by atoms with Crippen LogP contribution in [0.1, 0.15) is 28.3 Å². The SMILES string of the molecule is O=C(C[C@H](c1ccc(Cl)cc1)[C@H](F)S(=O)(=O)c1ccccc1)c1ccccc1. The minimum Gasteiger partial charge on any atom is -0.294 e. The molecule has 0 aliphatic rings. The number of ketones is 1. The van der Waals surface area contributed by atoms with Gasteiger partial charge in [0, 0.05) is 22.9 Å². The lowest BCUT2D eigenvalue weighted by atomic mass is 9.92. The summed E-state index contributed by atoms with van der Waals surface area (Å²) < 4.78 is 41.1. The minimum atomic E-state index is -4.28. The molecule has 0 aromatic heterocycles. The molecule has 0 heterocycles. The molecule has 3 aromatic rings. The summed E-state index contributed by atoms with van der Waals surface area (Å²) in [7, 11) is -4.28. The Bertz CT molecular complexity index is 1040. The summed E-state index contributed by atoms with van der Waals surface area (Å²) in [5, 5.41) is 0.443. The van der Waals surface area contributed by atoms with Crippen LogP contribution in [0.15, 0.2) is 89.8 Å². The lowest BCUT2D eigenvalue weighted by molar-refractivity contribution is 0.0965. The molecule has 0 aliphatic heterocycles. The van der Waals surface area contributed by atoms with Crippen molar-refractivity contribution in [2.24, 2.45) is 0 Å². The van der Waals surface area contributed by atoms with Gasteiger partial charge in [0.15, 0.2) is 5.78 Å². The fourth-order valence-electron chi connectivity index (χ4n) is 2.97. The number of halogens is 2. The predicted octanol–water partition coefficient (Wildman–Crippen LogP) is 5.47. The smallest absolute Gasteiger partial charge is 0.212 e. The van der Waals surface area contributed by atoms with Gasteiger partial charge in [-0.25, -0.2) is 12.8 Å². The molecule has 0 aliphatic carbocycles. The Balaban J connectivity index is 1.98. The first-order valence-corrected chi connectivity index (χ1v) is 10.6. The van der Waals surface area contributed by atoms with E-state index in [0.29, 0.717) is 16.1 Å². The molecule has 0 fully saturated rings. The molecular formula is C22H18ClFO3S. The second-order valence-corrected chi connectivity index (χ2v) is 8.81. The molecule has 0 saturated carbocycles. The van der Waals surface area contributed by atoms with E-state index in [1.54, 1.807) is 60.7 Å². The summed E-state index contributed by atoms with van der Waals surface area (Å²) in [6.07, 6.45) is -0.279. The van der Waals surface area contributed by atoms with Crippen LogP contribution < -0.4 is 0 Å². The van der Waals surface area contributed by atoms with Crippen LogP contribution in [0.5, 0.6) is 0 Å². The van der Waals surface area contributed by atoms with Crippen molar-refractivity contribution in [2.75, 3.05) is 0 Å². The number of rotatable bonds is 7. The van der Waals surface area contributed by atoms with Gasteiger partial charge in [-0.1, -0.05) is 72.3 Å². The van der Waals surface area contributed by atoms with Crippen LogP contribution in [0.25, 0.3) is 0 Å². The normalized spacial score (nSPS) is 13.6. The zero-order valence-corrected chi connectivity index (χ0v) is 16.4. The highest BCUT2D eigenvalue weighted by Gasteiger charge is 2.37. The molecule has 0 bridgehead atoms. The molecule has 144 valence electrons. The van der Waals surface area contributed by atoms with Gasteiger partial charge in [0.2, 0.25) is 15.3 Å². The van der Waals surface area contributed by atoms with E-state index in [2.05, 4.69) is 0 Å². The molecule has 0 amide bonds. The average Bonchev–Trinajstić information content (AvgIpc) is 2.73. The van der Waals surface area contributed by atoms with E-state index >= 15 is 4.39 Å². The van der Waals surface area contributed by atoms with Gasteiger partial charge in [0.1, 0.15) is 0 Å². The quantitative estimate of drug-likeness (QED) is 0.480. The maximum atomic E-state index is 15.4. The monoisotopic (exact) mass is 416 g/mol. The van der Waals surface area contributed by atoms with Crippen LogP contribution in [0.3, 0.4) is 0 Å². The molecule has 0 radical (unpaired) electrons. The maximum Gasteiger partial charge on any atom is 0.212 e. The van der Waals surface area contributed by atoms with E-state index in [9.17, 15) is 13.2 Å². The molecule has 6 heteroatoms. The molecular weight excluding hydrogens is 399 g/mol. The van der Waals surface area contributed by atoms with E-state index in [-0.39, 0.29) is 17.1 Å². The number of carbonyl (C=O) groups is 1. The van der Waals surface area contributed by atoms with Crippen LogP contribution in [0, 0.1) is 0 Å². The van der Waals surface area contributed by atoms with Crippen LogP contribution in [-0.2, 0) is 9.84 Å². The summed E-state index contributed by atoms with van der Waals surface area (Å²) in [5.41, 5.74) is -1.46. The first kappa shape index (κ1) is 20.2. The first-order valence-electron chi connectivity index (χ1n) is 8.66. The van der Waals surface area contributed by atoms with E-state index in [4.69, 9.17) is 11.6 Å². The number of benzene rings is 3. The summed E-state index contributed by atoms with van der Waals surface area (Å²) >= 11 is 5.90. The number of carbonyl (C=O) groups excluding carboxylic acids is 1. The van der Waals surface area contributed by atoms with Crippen LogP contribution in [0.2, 0.25) is 5.02 Å². The van der Waals surface area contributed by atoms with Crippen molar-refractivity contribution in [1.29, 1.82) is 0 Å². The average molecular weight is 417 g/mol. The topological polar surface area (TPSA) is 51.2 Å². The van der Waals surface area contributed by atoms with Gasteiger partial charge in [-0.05, 0) is 29.8 Å². The fourth-order valence-corrected chi connectivity index (χ4v) is 4.58. The Hall–Kier alpha value is -2.50. The van der Waals surface area contributed by atoms with Crippen LogP contribution in [-0.4, -0.2) is 19.7 Å². The molecule has 0 spiro atoms. The minimum absolute atomic E-state index is 0.117. The molecule has 3 rings (SSSR count). The van der Waals surface area contributed by atoms with E-state index in [1.807, 2.05) is 0 Å². The predicted molar refractivity (Wildman–Crippen MR) is 108 cm³/mol. The van der Waals surface area contributed by atoms with Crippen molar-refractivity contribution in [3.05, 3.63) is 101 Å². The molecule has 0 N–H and O–H groups in total. The number of alkyl halides is 1. The van der Waals surface area contributed by atoms with Crippen molar-refractivity contribution < 1.29 is 17.6 Å². The molecule has 0 unspecified atom stereocenters. The van der Waals surface area contributed by atoms with Crippen molar-refractivity contribution >= 4 is 27.2 Å². The number of hydrogen-bond acceptors (Lipinski definition) is 3. The molecule has 28 heavy (non-hydrogen) atoms. The van der Waals surface area contributed by atoms with Crippen LogP contribution >= 0.6 is 11.6 Å². The second kappa shape index (κ2) is 8.67. The second-order valence-electron chi connectivity index (χ2n) is 6.36. The van der Waals surface area contributed by atoms with E-state index in [0.717, 1.165) is 0 Å². The standard InChI is InChI=1S/C22H18ClFO3S/c23-18-13-11-16(12-14-18)20(15-21(25)17-7-3-1-4-8-17)22(24)28(26,27)19-9-5-2-6-10-19/h1-14,20,22H,15H2/t20-,22-/m1/s1. The zero-order valence-electron chi connectivity index (χ0n) is 14.8. The van der Waals surface area contributed by atoms with Gasteiger partial charge in [0.05, 0.1) is 4.90 Å². The summed E-state index contributed by atoms with van der Waals surface area (Å²) in [6.45, 7) is 0. The van der Waals surface area contributed by atoms with Crippen LogP contribution in [0.4, 0.5) is 4.39 Å².